The van der Waals surface area contributed by atoms with Crippen molar-refractivity contribution >= 4 is 29.0 Å². The Morgan fingerprint density at radius 3 is 2.75 bits per heavy atom. The number of anilines is 2. The molecule has 9 nitrogen and oxygen atoms in total. The highest BCUT2D eigenvalue weighted by Crippen LogP contribution is 2.36. The van der Waals surface area contributed by atoms with Crippen LogP contribution in [0.5, 0.6) is 0 Å². The van der Waals surface area contributed by atoms with Crippen LogP contribution in [0.2, 0.25) is 0 Å². The second-order valence-corrected chi connectivity index (χ2v) is 8.84. The lowest BCUT2D eigenvalue weighted by molar-refractivity contribution is -0.131. The van der Waals surface area contributed by atoms with E-state index in [0.717, 1.165) is 29.8 Å². The number of likely N-dealkylation sites (tertiary alicyclic amines) is 1. The van der Waals surface area contributed by atoms with Crippen LogP contribution in [-0.2, 0) is 4.79 Å². The zero-order valence-electron chi connectivity index (χ0n) is 20.0. The van der Waals surface area contributed by atoms with E-state index in [1.807, 2.05) is 46.7 Å². The smallest absolute Gasteiger partial charge is 0.256 e. The number of carbonyl (C=O) groups excluding carboxylic acids is 2. The van der Waals surface area contributed by atoms with Gasteiger partial charge in [0, 0.05) is 42.7 Å². The standard InChI is InChI=1S/C27H27N7O2/c1-3-5-22(35)33-14-4-6-20(33)26-32-23(24-25(28)30-13-15-34(24)26)18-7-9-19(10-8-18)27(36)31-21-16-17(2)11-12-29-21/h3,7-13,15-16,20H,1,4-6,14H2,2H3,(H2,28,30)(H,29,31,36). The van der Waals surface area contributed by atoms with Crippen LogP contribution >= 0.6 is 0 Å². The van der Waals surface area contributed by atoms with Gasteiger partial charge in [-0.25, -0.2) is 15.0 Å². The highest BCUT2D eigenvalue weighted by Gasteiger charge is 2.33. The topological polar surface area (TPSA) is 119 Å². The number of amides is 2. The first-order valence-electron chi connectivity index (χ1n) is 11.8. The molecule has 1 fully saturated rings. The summed E-state index contributed by atoms with van der Waals surface area (Å²) in [6.07, 6.45) is 8.75. The summed E-state index contributed by atoms with van der Waals surface area (Å²) in [6, 6.07) is 10.7. The molecule has 0 bridgehead atoms. The molecule has 0 radical (unpaired) electrons. The molecule has 36 heavy (non-hydrogen) atoms. The van der Waals surface area contributed by atoms with Crippen molar-refractivity contribution in [3.05, 3.63) is 84.6 Å². The van der Waals surface area contributed by atoms with E-state index >= 15 is 0 Å². The summed E-state index contributed by atoms with van der Waals surface area (Å²) < 4.78 is 1.92. The molecule has 182 valence electrons. The number of nitrogen functional groups attached to an aromatic ring is 1. The molecule has 1 aliphatic rings. The summed E-state index contributed by atoms with van der Waals surface area (Å²) in [5.74, 6) is 1.38. The molecule has 3 N–H and O–H groups in total. The maximum atomic E-state index is 12.7. The predicted molar refractivity (Wildman–Crippen MR) is 138 cm³/mol. The number of fused-ring (bicyclic) bond motifs is 1. The van der Waals surface area contributed by atoms with Crippen molar-refractivity contribution in [3.63, 3.8) is 0 Å². The first-order valence-corrected chi connectivity index (χ1v) is 11.8. The zero-order valence-corrected chi connectivity index (χ0v) is 20.0. The highest BCUT2D eigenvalue weighted by atomic mass is 16.2. The summed E-state index contributed by atoms with van der Waals surface area (Å²) >= 11 is 0. The number of pyridine rings is 1. The monoisotopic (exact) mass is 481 g/mol. The largest absolute Gasteiger partial charge is 0.382 e. The van der Waals surface area contributed by atoms with Crippen molar-refractivity contribution in [2.24, 2.45) is 0 Å². The van der Waals surface area contributed by atoms with Crippen molar-refractivity contribution in [1.82, 2.24) is 24.3 Å². The van der Waals surface area contributed by atoms with Crippen molar-refractivity contribution in [2.75, 3.05) is 17.6 Å². The van der Waals surface area contributed by atoms with E-state index in [2.05, 4.69) is 21.9 Å². The lowest BCUT2D eigenvalue weighted by atomic mass is 10.1. The molecule has 5 rings (SSSR count). The van der Waals surface area contributed by atoms with Gasteiger partial charge in [0.15, 0.2) is 0 Å². The summed E-state index contributed by atoms with van der Waals surface area (Å²) in [6.45, 7) is 6.32. The van der Waals surface area contributed by atoms with E-state index in [1.54, 1.807) is 30.6 Å². The summed E-state index contributed by atoms with van der Waals surface area (Å²) in [5, 5.41) is 2.82. The number of aromatic nitrogens is 4. The lowest BCUT2D eigenvalue weighted by Crippen LogP contribution is -2.31. The number of hydrogen-bond acceptors (Lipinski definition) is 6. The first kappa shape index (κ1) is 23.2. The number of benzene rings is 1. The number of aryl methyl sites for hydroxylation is 1. The third kappa shape index (κ3) is 4.31. The molecule has 4 heterocycles. The van der Waals surface area contributed by atoms with Crippen molar-refractivity contribution < 1.29 is 9.59 Å². The van der Waals surface area contributed by atoms with Gasteiger partial charge < -0.3 is 16.0 Å². The Labute approximate surface area is 208 Å². The zero-order chi connectivity index (χ0) is 25.2. The van der Waals surface area contributed by atoms with Crippen molar-refractivity contribution in [2.45, 2.75) is 32.2 Å². The van der Waals surface area contributed by atoms with Gasteiger partial charge in [0.25, 0.3) is 5.91 Å². The minimum atomic E-state index is -0.251. The Bertz CT molecular complexity index is 1460. The average Bonchev–Trinajstić information content (AvgIpc) is 3.50. The number of rotatable bonds is 6. The molecule has 2 amide bonds. The van der Waals surface area contributed by atoms with Crippen LogP contribution in [0, 0.1) is 6.92 Å². The van der Waals surface area contributed by atoms with Gasteiger partial charge in [-0.05, 0) is 49.6 Å². The molecular formula is C27H27N7O2. The van der Waals surface area contributed by atoms with Crippen LogP contribution in [0.3, 0.4) is 0 Å². The minimum absolute atomic E-state index is 0.0336. The average molecular weight is 482 g/mol. The van der Waals surface area contributed by atoms with Gasteiger partial charge in [0.05, 0.1) is 6.04 Å². The summed E-state index contributed by atoms with van der Waals surface area (Å²) in [7, 11) is 0. The minimum Gasteiger partial charge on any atom is -0.382 e. The fourth-order valence-corrected chi connectivity index (χ4v) is 4.67. The molecule has 1 aliphatic heterocycles. The fourth-order valence-electron chi connectivity index (χ4n) is 4.67. The molecular weight excluding hydrogens is 454 g/mol. The third-order valence-electron chi connectivity index (χ3n) is 6.38. The lowest BCUT2D eigenvalue weighted by Gasteiger charge is -2.23. The van der Waals surface area contributed by atoms with Gasteiger partial charge >= 0.3 is 0 Å². The Morgan fingerprint density at radius 1 is 1.19 bits per heavy atom. The molecule has 0 aliphatic carbocycles. The molecule has 1 atom stereocenters. The number of carbonyl (C=O) groups is 2. The quantitative estimate of drug-likeness (QED) is 0.399. The molecule has 0 spiro atoms. The van der Waals surface area contributed by atoms with Crippen LogP contribution in [0.25, 0.3) is 16.8 Å². The maximum Gasteiger partial charge on any atom is 0.256 e. The molecule has 1 aromatic carbocycles. The van der Waals surface area contributed by atoms with Crippen LogP contribution < -0.4 is 11.1 Å². The predicted octanol–water partition coefficient (Wildman–Crippen LogP) is 4.17. The van der Waals surface area contributed by atoms with Crippen LogP contribution in [0.15, 0.2) is 67.6 Å². The van der Waals surface area contributed by atoms with E-state index in [1.165, 1.54) is 0 Å². The molecule has 1 unspecified atom stereocenters. The van der Waals surface area contributed by atoms with E-state index in [0.29, 0.717) is 35.0 Å². The Kier molecular flexibility index (Phi) is 6.20. The molecule has 4 aromatic rings. The van der Waals surface area contributed by atoms with E-state index in [-0.39, 0.29) is 24.3 Å². The molecule has 3 aromatic heterocycles. The second kappa shape index (κ2) is 9.61. The number of nitrogens with one attached hydrogen (secondary N) is 1. The Morgan fingerprint density at radius 2 is 2.00 bits per heavy atom. The summed E-state index contributed by atoms with van der Waals surface area (Å²) in [5.41, 5.74) is 9.93. The van der Waals surface area contributed by atoms with Gasteiger partial charge in [0.1, 0.15) is 28.7 Å². The summed E-state index contributed by atoms with van der Waals surface area (Å²) in [4.78, 5) is 40.7. The van der Waals surface area contributed by atoms with Crippen molar-refractivity contribution in [3.8, 4) is 11.3 Å². The number of nitrogens with zero attached hydrogens (tertiary/aromatic N) is 5. The van der Waals surface area contributed by atoms with Gasteiger partial charge in [-0.2, -0.15) is 0 Å². The van der Waals surface area contributed by atoms with Gasteiger partial charge in [-0.15, -0.1) is 6.58 Å². The fraction of sp³-hybridized carbons (Fsp3) is 0.222. The third-order valence-corrected chi connectivity index (χ3v) is 6.38. The SMILES string of the molecule is C=CCC(=O)N1CCCC1c1nc(-c2ccc(C(=O)Nc3cc(C)ccn3)cc2)c2c(N)nccn12. The van der Waals surface area contributed by atoms with Crippen LogP contribution in [0.1, 0.15) is 47.1 Å². The Balaban J connectivity index is 1.48. The maximum absolute atomic E-state index is 12.7. The normalized spacial score (nSPS) is 15.2. The van der Waals surface area contributed by atoms with Crippen LogP contribution in [-0.4, -0.2) is 42.6 Å². The highest BCUT2D eigenvalue weighted by molar-refractivity contribution is 6.04. The molecule has 1 saturated heterocycles. The van der Waals surface area contributed by atoms with E-state index in [4.69, 9.17) is 10.7 Å². The van der Waals surface area contributed by atoms with Crippen molar-refractivity contribution in [1.29, 1.82) is 0 Å². The molecule has 9 heteroatoms. The first-order chi connectivity index (χ1) is 17.5. The second-order valence-electron chi connectivity index (χ2n) is 8.84. The van der Waals surface area contributed by atoms with Gasteiger partial charge in [-0.3, -0.25) is 14.0 Å². The van der Waals surface area contributed by atoms with Crippen LogP contribution in [0.4, 0.5) is 11.6 Å². The molecule has 0 saturated carbocycles. The number of hydrogen-bond donors (Lipinski definition) is 2. The number of imidazole rings is 1. The van der Waals surface area contributed by atoms with Gasteiger partial charge in [-0.1, -0.05) is 18.2 Å². The van der Waals surface area contributed by atoms with E-state index in [9.17, 15) is 9.59 Å². The Hall–Kier alpha value is -4.53. The van der Waals surface area contributed by atoms with E-state index < -0.39 is 0 Å². The number of nitrogens with two attached hydrogens (primary N) is 1. The van der Waals surface area contributed by atoms with Gasteiger partial charge in [0.2, 0.25) is 5.91 Å².